The second kappa shape index (κ2) is 10.2. The fourth-order valence-electron chi connectivity index (χ4n) is 3.55. The molecular formula is C22H26FN5O5. The zero-order chi connectivity index (χ0) is 24.1. The van der Waals surface area contributed by atoms with Crippen molar-refractivity contribution in [2.75, 3.05) is 20.6 Å². The first-order valence-corrected chi connectivity index (χ1v) is 10.5. The van der Waals surface area contributed by atoms with Crippen molar-refractivity contribution in [1.82, 2.24) is 25.1 Å². The summed E-state index contributed by atoms with van der Waals surface area (Å²) in [6.07, 6.45) is 1.46. The first-order valence-electron chi connectivity index (χ1n) is 10.5. The van der Waals surface area contributed by atoms with E-state index in [-0.39, 0.29) is 31.2 Å². The molecule has 33 heavy (non-hydrogen) atoms. The predicted molar refractivity (Wildman–Crippen MR) is 116 cm³/mol. The lowest BCUT2D eigenvalue weighted by Gasteiger charge is -2.15. The van der Waals surface area contributed by atoms with Crippen LogP contribution in [0.25, 0.3) is 0 Å². The van der Waals surface area contributed by atoms with Crippen LogP contribution in [0.1, 0.15) is 34.7 Å². The molecule has 0 fully saturated rings. The van der Waals surface area contributed by atoms with Crippen molar-refractivity contribution in [3.8, 4) is 5.75 Å². The van der Waals surface area contributed by atoms with Crippen LogP contribution in [-0.4, -0.2) is 57.9 Å². The summed E-state index contributed by atoms with van der Waals surface area (Å²) < 4.78 is 14.4. The molecule has 0 saturated carbocycles. The predicted octanol–water partition coefficient (Wildman–Crippen LogP) is 0.175. The Morgan fingerprint density at radius 2 is 1.88 bits per heavy atom. The van der Waals surface area contributed by atoms with E-state index in [1.807, 2.05) is 0 Å². The molecule has 0 saturated heterocycles. The van der Waals surface area contributed by atoms with Crippen molar-refractivity contribution < 1.29 is 23.9 Å². The van der Waals surface area contributed by atoms with Crippen molar-refractivity contribution in [2.24, 2.45) is 5.92 Å². The number of fused-ring (bicyclic) bond motifs is 1. The molecule has 2 aromatic rings. The molecule has 10 nitrogen and oxygen atoms in total. The average molecular weight is 459 g/mol. The minimum atomic E-state index is -0.737. The Kier molecular flexibility index (Phi) is 7.41. The zero-order valence-electron chi connectivity index (χ0n) is 18.4. The second-order valence-electron chi connectivity index (χ2n) is 8.09. The topological polar surface area (TPSA) is 134 Å². The van der Waals surface area contributed by atoms with Gasteiger partial charge in [-0.15, -0.1) is 0 Å². The number of halogens is 1. The van der Waals surface area contributed by atoms with Crippen LogP contribution in [0.5, 0.6) is 5.75 Å². The van der Waals surface area contributed by atoms with Crippen LogP contribution >= 0.6 is 0 Å². The van der Waals surface area contributed by atoms with Crippen molar-refractivity contribution in [3.05, 3.63) is 57.5 Å². The fraction of sp³-hybridized carbons (Fsp3) is 0.409. The molecular weight excluding hydrogens is 433 g/mol. The normalized spacial score (nSPS) is 15.2. The number of nitrogens with zero attached hydrogens (tertiary/aromatic N) is 3. The highest BCUT2D eigenvalue weighted by Crippen LogP contribution is 2.20. The number of aromatic nitrogens is 2. The molecule has 2 heterocycles. The van der Waals surface area contributed by atoms with Gasteiger partial charge in [-0.2, -0.15) is 0 Å². The molecule has 0 radical (unpaired) electrons. The number of carbonyl (C=O) groups is 3. The van der Waals surface area contributed by atoms with Gasteiger partial charge in [-0.3, -0.25) is 23.7 Å². The average Bonchev–Trinajstić information content (AvgIpc) is 3.01. The molecule has 1 unspecified atom stereocenters. The Bertz CT molecular complexity index is 1110. The summed E-state index contributed by atoms with van der Waals surface area (Å²) in [4.78, 5) is 54.2. The SMILES string of the molecule is CN(C)C(=O)C(=O)NCC1CCc2nc(C(=O)NCc3ccc(F)cc3)c(O)c(=O)n2CC1. The number of aryl methyl sites for hydroxylation is 1. The van der Waals surface area contributed by atoms with Gasteiger partial charge in [0.15, 0.2) is 5.69 Å². The van der Waals surface area contributed by atoms with E-state index in [4.69, 9.17) is 0 Å². The van der Waals surface area contributed by atoms with Crippen molar-refractivity contribution in [2.45, 2.75) is 32.4 Å². The number of amides is 3. The molecule has 3 rings (SSSR count). The smallest absolute Gasteiger partial charge is 0.311 e. The van der Waals surface area contributed by atoms with Gasteiger partial charge in [0.2, 0.25) is 5.75 Å². The van der Waals surface area contributed by atoms with Crippen LogP contribution in [0.3, 0.4) is 0 Å². The number of nitrogens with one attached hydrogen (secondary N) is 2. The van der Waals surface area contributed by atoms with E-state index in [2.05, 4.69) is 15.6 Å². The minimum absolute atomic E-state index is 0.0112. The first-order chi connectivity index (χ1) is 15.7. The number of benzene rings is 1. The van der Waals surface area contributed by atoms with Crippen molar-refractivity contribution in [3.63, 3.8) is 0 Å². The van der Waals surface area contributed by atoms with E-state index < -0.39 is 34.8 Å². The highest BCUT2D eigenvalue weighted by atomic mass is 19.1. The van der Waals surface area contributed by atoms with Gasteiger partial charge >= 0.3 is 11.8 Å². The molecule has 1 aliphatic rings. The maximum Gasteiger partial charge on any atom is 0.311 e. The van der Waals surface area contributed by atoms with E-state index in [1.165, 1.54) is 47.8 Å². The molecule has 0 aliphatic carbocycles. The summed E-state index contributed by atoms with van der Waals surface area (Å²) in [5, 5.41) is 15.5. The first kappa shape index (κ1) is 23.9. The summed E-state index contributed by atoms with van der Waals surface area (Å²) in [7, 11) is 2.98. The lowest BCUT2D eigenvalue weighted by Crippen LogP contribution is -2.41. The minimum Gasteiger partial charge on any atom is -0.501 e. The van der Waals surface area contributed by atoms with Gasteiger partial charge in [0.25, 0.3) is 11.5 Å². The number of carbonyl (C=O) groups excluding carboxylic acids is 3. The highest BCUT2D eigenvalue weighted by Gasteiger charge is 2.25. The van der Waals surface area contributed by atoms with E-state index in [0.717, 1.165) is 0 Å². The number of hydrogen-bond donors (Lipinski definition) is 3. The van der Waals surface area contributed by atoms with Crippen LogP contribution < -0.4 is 16.2 Å². The quantitative estimate of drug-likeness (QED) is 0.546. The van der Waals surface area contributed by atoms with Crippen LogP contribution in [0.15, 0.2) is 29.1 Å². The maximum atomic E-state index is 13.0. The largest absolute Gasteiger partial charge is 0.501 e. The second-order valence-corrected chi connectivity index (χ2v) is 8.09. The molecule has 3 amide bonds. The van der Waals surface area contributed by atoms with E-state index >= 15 is 0 Å². The third-order valence-corrected chi connectivity index (χ3v) is 5.49. The van der Waals surface area contributed by atoms with Crippen LogP contribution in [-0.2, 0) is 29.1 Å². The third-order valence-electron chi connectivity index (χ3n) is 5.49. The van der Waals surface area contributed by atoms with Crippen molar-refractivity contribution in [1.29, 1.82) is 0 Å². The van der Waals surface area contributed by atoms with Crippen molar-refractivity contribution >= 4 is 17.7 Å². The lowest BCUT2D eigenvalue weighted by atomic mass is 10.0. The van der Waals surface area contributed by atoms with Gasteiger partial charge in [0.05, 0.1) is 0 Å². The number of hydrogen-bond acceptors (Lipinski definition) is 6. The lowest BCUT2D eigenvalue weighted by molar-refractivity contribution is -0.144. The molecule has 176 valence electrons. The molecule has 1 aliphatic heterocycles. The molecule has 1 aromatic carbocycles. The van der Waals surface area contributed by atoms with Gasteiger partial charge in [-0.1, -0.05) is 12.1 Å². The Morgan fingerprint density at radius 1 is 1.18 bits per heavy atom. The fourth-order valence-corrected chi connectivity index (χ4v) is 3.55. The Morgan fingerprint density at radius 3 is 2.55 bits per heavy atom. The Balaban J connectivity index is 1.67. The molecule has 1 aromatic heterocycles. The van der Waals surface area contributed by atoms with E-state index in [0.29, 0.717) is 30.7 Å². The van der Waals surface area contributed by atoms with Gasteiger partial charge in [0.1, 0.15) is 11.6 Å². The summed E-state index contributed by atoms with van der Waals surface area (Å²) in [5.41, 5.74) is -0.426. The van der Waals surface area contributed by atoms with Crippen LogP contribution in [0, 0.1) is 11.7 Å². The molecule has 1 atom stereocenters. The van der Waals surface area contributed by atoms with E-state index in [9.17, 15) is 28.7 Å². The molecule has 3 N–H and O–H groups in total. The zero-order valence-corrected chi connectivity index (χ0v) is 18.4. The maximum absolute atomic E-state index is 13.0. The van der Waals surface area contributed by atoms with Crippen LogP contribution in [0.2, 0.25) is 0 Å². The summed E-state index contributed by atoms with van der Waals surface area (Å²) >= 11 is 0. The summed E-state index contributed by atoms with van der Waals surface area (Å²) in [5.74, 6) is -2.84. The summed E-state index contributed by atoms with van der Waals surface area (Å²) in [6, 6.07) is 5.56. The van der Waals surface area contributed by atoms with Gasteiger partial charge in [-0.25, -0.2) is 9.37 Å². The van der Waals surface area contributed by atoms with Gasteiger partial charge in [-0.05, 0) is 36.5 Å². The molecule has 0 spiro atoms. The highest BCUT2D eigenvalue weighted by molar-refractivity contribution is 6.34. The van der Waals surface area contributed by atoms with Gasteiger partial charge in [0, 0.05) is 40.2 Å². The Hall–Kier alpha value is -3.76. The summed E-state index contributed by atoms with van der Waals surface area (Å²) in [6.45, 7) is 0.596. The van der Waals surface area contributed by atoms with E-state index in [1.54, 1.807) is 0 Å². The molecule has 11 heteroatoms. The van der Waals surface area contributed by atoms with Crippen LogP contribution in [0.4, 0.5) is 4.39 Å². The van der Waals surface area contributed by atoms with Gasteiger partial charge < -0.3 is 20.6 Å². The third kappa shape index (κ3) is 5.73. The Labute approximate surface area is 189 Å². The monoisotopic (exact) mass is 459 g/mol. The number of rotatable bonds is 5. The number of likely N-dealkylation sites (N-methyl/N-ethyl adjacent to an activating group) is 1. The molecule has 0 bridgehead atoms. The number of aromatic hydroxyl groups is 1. The standard InChI is InChI=1S/C22H26FN5O5/c1-27(2)22(33)20(31)25-12-14-5-8-16-26-17(18(29)21(32)28(16)10-9-14)19(30)24-11-13-3-6-15(23)7-4-13/h3-4,6-7,14,29H,5,8-12H2,1-2H3,(H,24,30)(H,25,31).